The van der Waals surface area contributed by atoms with Crippen molar-refractivity contribution in [3.63, 3.8) is 0 Å². The zero-order chi connectivity index (χ0) is 29.9. The van der Waals surface area contributed by atoms with Gasteiger partial charge in [0.1, 0.15) is 12.0 Å². The van der Waals surface area contributed by atoms with Gasteiger partial charge in [0.05, 0.1) is 34.9 Å². The van der Waals surface area contributed by atoms with Crippen LogP contribution >= 0.6 is 0 Å². The van der Waals surface area contributed by atoms with Gasteiger partial charge in [-0.1, -0.05) is 0 Å². The Morgan fingerprint density at radius 1 is 1.05 bits per heavy atom. The van der Waals surface area contributed by atoms with Crippen LogP contribution in [-0.2, 0) is 10.0 Å². The Labute approximate surface area is 239 Å². The number of hydrogen-bond donors (Lipinski definition) is 3. The average Bonchev–Trinajstić information content (AvgIpc) is 3.49. The SMILES string of the molecule is NC(=O)c1ccc(NS(=O)(=O)CCO)c(-c2nc(N3CCC(F)(F)CC3)n3cnnc3c2F)c1N1CCC2(CC1)CC2. The number of primary amides is 1. The first-order chi connectivity index (χ1) is 19.9. The highest BCUT2D eigenvalue weighted by molar-refractivity contribution is 7.92. The van der Waals surface area contributed by atoms with E-state index in [2.05, 4.69) is 19.9 Å². The summed E-state index contributed by atoms with van der Waals surface area (Å²) in [6, 6.07) is 2.68. The van der Waals surface area contributed by atoms with Gasteiger partial charge in [-0.2, -0.15) is 0 Å². The average molecular weight is 609 g/mol. The number of halogens is 3. The standard InChI is InChI=1S/C26H31F3N8O4S/c27-19-20(32-24(37-15-31-33-23(19)37)36-11-7-26(28,29)8-12-36)18-17(34-42(40,41)14-13-38)2-1-16(22(30)39)21(18)35-9-5-25(3-4-25)6-10-35/h1-2,15,34,38H,3-14H2,(H2,30,39). The zero-order valence-electron chi connectivity index (χ0n) is 22.7. The summed E-state index contributed by atoms with van der Waals surface area (Å²) in [6.07, 6.45) is 4.23. The van der Waals surface area contributed by atoms with Crippen molar-refractivity contribution < 1.29 is 31.5 Å². The molecule has 1 spiro atoms. The lowest BCUT2D eigenvalue weighted by atomic mass is 9.91. The first-order valence-corrected chi connectivity index (χ1v) is 15.4. The quantitative estimate of drug-likeness (QED) is 0.349. The largest absolute Gasteiger partial charge is 0.395 e. The number of carbonyl (C=O) groups is 1. The lowest BCUT2D eigenvalue weighted by Crippen LogP contribution is -2.40. The molecule has 226 valence electrons. The first kappa shape index (κ1) is 28.5. The van der Waals surface area contributed by atoms with Crippen LogP contribution in [0.1, 0.15) is 48.9 Å². The number of fused-ring (bicyclic) bond motifs is 1. The molecular formula is C26H31F3N8O4S. The molecule has 2 aliphatic heterocycles. The minimum absolute atomic E-state index is 0.0360. The fourth-order valence-electron chi connectivity index (χ4n) is 5.93. The van der Waals surface area contributed by atoms with E-state index in [1.165, 1.54) is 22.9 Å². The molecule has 3 aromatic rings. The number of piperidine rings is 2. The highest BCUT2D eigenvalue weighted by atomic mass is 32.2. The molecule has 3 fully saturated rings. The molecular weight excluding hydrogens is 577 g/mol. The predicted molar refractivity (Wildman–Crippen MR) is 149 cm³/mol. The van der Waals surface area contributed by atoms with Crippen molar-refractivity contribution in [1.82, 2.24) is 19.6 Å². The van der Waals surface area contributed by atoms with Crippen molar-refractivity contribution >= 4 is 38.9 Å². The molecule has 6 rings (SSSR count). The summed E-state index contributed by atoms with van der Waals surface area (Å²) in [6.45, 7) is 0.229. The second kappa shape index (κ2) is 10.3. The highest BCUT2D eigenvalue weighted by Crippen LogP contribution is 2.55. The molecule has 4 heterocycles. The number of nitrogens with one attached hydrogen (secondary N) is 1. The molecule has 4 N–H and O–H groups in total. The van der Waals surface area contributed by atoms with Crippen LogP contribution in [0, 0.1) is 11.2 Å². The Morgan fingerprint density at radius 2 is 1.71 bits per heavy atom. The molecule has 0 bridgehead atoms. The number of anilines is 3. The van der Waals surface area contributed by atoms with Crippen molar-refractivity contribution in [2.45, 2.75) is 44.4 Å². The van der Waals surface area contributed by atoms with E-state index in [1.807, 2.05) is 4.90 Å². The minimum Gasteiger partial charge on any atom is -0.395 e. The van der Waals surface area contributed by atoms with Crippen molar-refractivity contribution in [3.8, 4) is 11.3 Å². The Hall–Kier alpha value is -3.66. The van der Waals surface area contributed by atoms with E-state index >= 15 is 4.39 Å². The van der Waals surface area contributed by atoms with Crippen molar-refractivity contribution in [1.29, 1.82) is 0 Å². The summed E-state index contributed by atoms with van der Waals surface area (Å²) in [5.74, 6) is -5.13. The fourth-order valence-corrected chi connectivity index (χ4v) is 6.77. The molecule has 1 aromatic carbocycles. The Kier molecular flexibility index (Phi) is 6.95. The number of nitrogens with two attached hydrogens (primary N) is 1. The molecule has 16 heteroatoms. The van der Waals surface area contributed by atoms with Crippen LogP contribution in [0.2, 0.25) is 0 Å². The molecule has 0 atom stereocenters. The number of nitrogens with zero attached hydrogens (tertiary/aromatic N) is 6. The van der Waals surface area contributed by atoms with Gasteiger partial charge in [0.15, 0.2) is 5.82 Å². The molecule has 1 amide bonds. The normalized spacial score (nSPS) is 19.8. The van der Waals surface area contributed by atoms with Gasteiger partial charge in [0, 0.05) is 39.0 Å². The summed E-state index contributed by atoms with van der Waals surface area (Å²) in [7, 11) is -4.10. The fraction of sp³-hybridized carbons (Fsp3) is 0.538. The van der Waals surface area contributed by atoms with Crippen LogP contribution in [-0.4, -0.2) is 83.5 Å². The highest BCUT2D eigenvalue weighted by Gasteiger charge is 2.45. The summed E-state index contributed by atoms with van der Waals surface area (Å²) in [5.41, 5.74) is 5.59. The number of hydrogen-bond acceptors (Lipinski definition) is 9. The van der Waals surface area contributed by atoms with Crippen LogP contribution in [0.25, 0.3) is 16.9 Å². The first-order valence-electron chi connectivity index (χ1n) is 13.8. The van der Waals surface area contributed by atoms with Gasteiger partial charge in [-0.15, -0.1) is 10.2 Å². The summed E-state index contributed by atoms with van der Waals surface area (Å²) < 4.78 is 73.7. The number of carbonyl (C=O) groups excluding carboxylic acids is 1. The van der Waals surface area contributed by atoms with Gasteiger partial charge < -0.3 is 20.6 Å². The van der Waals surface area contributed by atoms with Crippen LogP contribution in [0.3, 0.4) is 0 Å². The second-order valence-electron chi connectivity index (χ2n) is 11.3. The van der Waals surface area contributed by atoms with Gasteiger partial charge in [-0.05, 0) is 43.2 Å². The molecule has 2 saturated heterocycles. The van der Waals surface area contributed by atoms with E-state index in [0.717, 1.165) is 25.7 Å². The van der Waals surface area contributed by atoms with Gasteiger partial charge >= 0.3 is 0 Å². The van der Waals surface area contributed by atoms with Crippen molar-refractivity contribution in [3.05, 3.63) is 29.8 Å². The zero-order valence-corrected chi connectivity index (χ0v) is 23.5. The lowest BCUT2D eigenvalue weighted by Gasteiger charge is -2.36. The number of rotatable bonds is 8. The molecule has 2 aromatic heterocycles. The topological polar surface area (TPSA) is 159 Å². The summed E-state index contributed by atoms with van der Waals surface area (Å²) >= 11 is 0. The number of alkyl halides is 2. The molecule has 0 radical (unpaired) electrons. The van der Waals surface area contributed by atoms with Gasteiger partial charge in [0.25, 0.3) is 11.8 Å². The maximum atomic E-state index is 16.4. The Balaban J connectivity index is 1.58. The van der Waals surface area contributed by atoms with Gasteiger partial charge in [-0.25, -0.2) is 31.0 Å². The molecule has 1 saturated carbocycles. The molecule has 0 unspecified atom stereocenters. The number of amides is 1. The minimum atomic E-state index is -4.10. The van der Waals surface area contributed by atoms with E-state index in [4.69, 9.17) is 5.73 Å². The molecule has 42 heavy (non-hydrogen) atoms. The smallest absolute Gasteiger partial charge is 0.251 e. The number of aromatic nitrogens is 4. The van der Waals surface area contributed by atoms with E-state index in [9.17, 15) is 27.1 Å². The van der Waals surface area contributed by atoms with Crippen molar-refractivity contribution in [2.75, 3.05) is 53.1 Å². The van der Waals surface area contributed by atoms with Crippen LogP contribution in [0.5, 0.6) is 0 Å². The van der Waals surface area contributed by atoms with E-state index in [0.29, 0.717) is 13.1 Å². The van der Waals surface area contributed by atoms with Crippen LogP contribution in [0.15, 0.2) is 18.5 Å². The maximum Gasteiger partial charge on any atom is 0.251 e. The third-order valence-electron chi connectivity index (χ3n) is 8.56. The van der Waals surface area contributed by atoms with Crippen molar-refractivity contribution in [2.24, 2.45) is 11.1 Å². The summed E-state index contributed by atoms with van der Waals surface area (Å²) in [5, 5.41) is 17.0. The monoisotopic (exact) mass is 608 g/mol. The number of benzene rings is 1. The maximum absolute atomic E-state index is 16.4. The Bertz CT molecular complexity index is 1640. The Morgan fingerprint density at radius 3 is 2.33 bits per heavy atom. The van der Waals surface area contributed by atoms with Gasteiger partial charge in [0.2, 0.25) is 21.6 Å². The summed E-state index contributed by atoms with van der Waals surface area (Å²) in [4.78, 5) is 20.8. The van der Waals surface area contributed by atoms with E-state index in [1.54, 1.807) is 4.90 Å². The molecule has 1 aliphatic carbocycles. The third-order valence-corrected chi connectivity index (χ3v) is 9.81. The second-order valence-corrected chi connectivity index (χ2v) is 13.2. The predicted octanol–water partition coefficient (Wildman–Crippen LogP) is 2.38. The van der Waals surface area contributed by atoms with E-state index < -0.39 is 52.9 Å². The third kappa shape index (κ3) is 5.21. The number of sulfonamides is 1. The van der Waals surface area contributed by atoms with Gasteiger partial charge in [-0.3, -0.25) is 9.52 Å². The van der Waals surface area contributed by atoms with Crippen LogP contribution in [0.4, 0.5) is 30.5 Å². The van der Waals surface area contributed by atoms with E-state index in [-0.39, 0.29) is 58.3 Å². The molecule has 12 nitrogen and oxygen atoms in total. The number of aliphatic hydroxyl groups excluding tert-OH is 1. The number of aliphatic hydroxyl groups is 1. The molecule has 3 aliphatic rings. The van der Waals surface area contributed by atoms with Crippen LogP contribution < -0.4 is 20.3 Å². The lowest BCUT2D eigenvalue weighted by molar-refractivity contribution is -0.0223.